The number of aromatic nitrogens is 1. The highest BCUT2D eigenvalue weighted by Gasteiger charge is 2.37. The second-order valence-corrected chi connectivity index (χ2v) is 8.05. The smallest absolute Gasteiger partial charge is 0.293 e. The van der Waals surface area contributed by atoms with Gasteiger partial charge in [0.25, 0.3) is 0 Å². The Labute approximate surface area is 186 Å². The molecule has 0 bridgehead atoms. The van der Waals surface area contributed by atoms with E-state index in [0.29, 0.717) is 18.4 Å². The Bertz CT molecular complexity index is 1220. The van der Waals surface area contributed by atoms with Crippen LogP contribution >= 0.6 is 0 Å². The topological polar surface area (TPSA) is 30.0 Å². The molecule has 4 rings (SSSR count). The van der Waals surface area contributed by atoms with E-state index in [-0.39, 0.29) is 6.42 Å². The van der Waals surface area contributed by atoms with E-state index in [4.69, 9.17) is 4.98 Å². The maximum Gasteiger partial charge on any atom is 0.305 e. The van der Waals surface area contributed by atoms with Crippen molar-refractivity contribution in [1.29, 1.82) is 0 Å². The summed E-state index contributed by atoms with van der Waals surface area (Å²) in [5.41, 5.74) is 5.18. The normalized spacial score (nSPS) is 11.6. The van der Waals surface area contributed by atoms with Crippen LogP contribution in [0.5, 0.6) is 0 Å². The van der Waals surface area contributed by atoms with Gasteiger partial charge in [-0.3, -0.25) is 4.79 Å². The van der Waals surface area contributed by atoms with Crippen molar-refractivity contribution in [1.82, 2.24) is 4.98 Å². The minimum atomic E-state index is -3.28. The van der Waals surface area contributed by atoms with E-state index in [1.54, 1.807) is 12.1 Å². The molecule has 0 atom stereocenters. The second kappa shape index (κ2) is 9.39. The van der Waals surface area contributed by atoms with E-state index in [1.165, 1.54) is 0 Å². The van der Waals surface area contributed by atoms with Gasteiger partial charge in [-0.05, 0) is 35.7 Å². The Kier molecular flexibility index (Phi) is 6.40. The van der Waals surface area contributed by atoms with Crippen molar-refractivity contribution in [2.75, 3.05) is 0 Å². The van der Waals surface area contributed by atoms with Crippen molar-refractivity contribution in [2.24, 2.45) is 0 Å². The van der Waals surface area contributed by atoms with Gasteiger partial charge in [0, 0.05) is 29.4 Å². The zero-order valence-corrected chi connectivity index (χ0v) is 18.0. The average molecular weight is 430 g/mol. The Morgan fingerprint density at radius 3 is 2.19 bits per heavy atom. The van der Waals surface area contributed by atoms with Crippen LogP contribution in [0.15, 0.2) is 84.9 Å². The van der Waals surface area contributed by atoms with Gasteiger partial charge in [-0.15, -0.1) is 0 Å². The summed E-state index contributed by atoms with van der Waals surface area (Å²) in [6, 6.07) is 27.3. The number of carbonyl (C=O) groups is 1. The van der Waals surface area contributed by atoms with Gasteiger partial charge in [0.15, 0.2) is 0 Å². The van der Waals surface area contributed by atoms with Gasteiger partial charge in [-0.2, -0.15) is 8.78 Å². The molecule has 0 saturated heterocycles. The highest BCUT2D eigenvalue weighted by atomic mass is 19.3. The van der Waals surface area contributed by atoms with E-state index in [9.17, 15) is 13.6 Å². The van der Waals surface area contributed by atoms with E-state index in [2.05, 4.69) is 0 Å². The first-order valence-electron chi connectivity index (χ1n) is 10.9. The summed E-state index contributed by atoms with van der Waals surface area (Å²) in [5.74, 6) is -4.31. The third-order valence-electron chi connectivity index (χ3n) is 5.63. The van der Waals surface area contributed by atoms with Crippen LogP contribution in [0.3, 0.4) is 0 Å². The molecular weight excluding hydrogens is 404 g/mol. The number of pyridine rings is 1. The zero-order chi connectivity index (χ0) is 22.6. The number of nitrogens with zero attached hydrogens (tertiary/aromatic N) is 1. The lowest BCUT2D eigenvalue weighted by molar-refractivity contribution is -0.143. The number of unbranched alkanes of at least 4 members (excludes halogenated alkanes) is 1. The summed E-state index contributed by atoms with van der Waals surface area (Å²) >= 11 is 0. The predicted octanol–water partition coefficient (Wildman–Crippen LogP) is 7.51. The number of benzene rings is 3. The third-order valence-corrected chi connectivity index (χ3v) is 5.63. The SMILES string of the molecule is CCCCC(F)(F)C(=O)Cc1ccc2nc(-c3ccccc3)c(-c3ccccc3)cc2c1. The summed E-state index contributed by atoms with van der Waals surface area (Å²) < 4.78 is 28.3. The Balaban J connectivity index is 1.75. The van der Waals surface area contributed by atoms with E-state index in [1.807, 2.05) is 79.7 Å². The lowest BCUT2D eigenvalue weighted by atomic mass is 9.95. The summed E-state index contributed by atoms with van der Waals surface area (Å²) in [5, 5.41) is 0.825. The van der Waals surface area contributed by atoms with Gasteiger partial charge in [-0.1, -0.05) is 80.1 Å². The van der Waals surface area contributed by atoms with Crippen molar-refractivity contribution >= 4 is 16.7 Å². The molecule has 0 N–H and O–H groups in total. The van der Waals surface area contributed by atoms with Crippen molar-refractivity contribution in [3.63, 3.8) is 0 Å². The molecule has 32 heavy (non-hydrogen) atoms. The van der Waals surface area contributed by atoms with Gasteiger partial charge in [0.05, 0.1) is 11.2 Å². The molecule has 1 heterocycles. The van der Waals surface area contributed by atoms with Crippen molar-refractivity contribution < 1.29 is 13.6 Å². The van der Waals surface area contributed by atoms with Crippen LogP contribution in [-0.2, 0) is 11.2 Å². The van der Waals surface area contributed by atoms with Crippen molar-refractivity contribution in [3.05, 3.63) is 90.5 Å². The quantitative estimate of drug-likeness (QED) is 0.290. The number of carbonyl (C=O) groups excluding carboxylic acids is 1. The fourth-order valence-corrected chi connectivity index (χ4v) is 3.84. The van der Waals surface area contributed by atoms with Crippen LogP contribution in [0.2, 0.25) is 0 Å². The van der Waals surface area contributed by atoms with Crippen molar-refractivity contribution in [2.45, 2.75) is 38.5 Å². The summed E-state index contributed by atoms with van der Waals surface area (Å²) in [4.78, 5) is 17.1. The molecular formula is C28H25F2NO. The van der Waals surface area contributed by atoms with Crippen molar-refractivity contribution in [3.8, 4) is 22.4 Å². The van der Waals surface area contributed by atoms with Gasteiger partial charge >= 0.3 is 5.92 Å². The maximum absolute atomic E-state index is 14.2. The fraction of sp³-hybridized carbons (Fsp3) is 0.214. The second-order valence-electron chi connectivity index (χ2n) is 8.05. The standard InChI is InChI=1S/C28H25F2NO/c1-2-3-16-28(29,30)26(32)18-20-14-15-25-23(17-20)19-24(21-10-6-4-7-11-21)27(31-25)22-12-8-5-9-13-22/h4-15,17,19H,2-3,16,18H2,1H3. The van der Waals surface area contributed by atoms with Gasteiger partial charge < -0.3 is 0 Å². The molecule has 0 fully saturated rings. The fourth-order valence-electron chi connectivity index (χ4n) is 3.84. The van der Waals surface area contributed by atoms with Gasteiger partial charge in [-0.25, -0.2) is 4.98 Å². The number of hydrogen-bond donors (Lipinski definition) is 0. The largest absolute Gasteiger partial charge is 0.305 e. The van der Waals surface area contributed by atoms with Crippen LogP contribution in [0.25, 0.3) is 33.3 Å². The van der Waals surface area contributed by atoms with Crippen LogP contribution in [-0.4, -0.2) is 16.7 Å². The molecule has 4 aromatic rings. The molecule has 2 nitrogen and oxygen atoms in total. The summed E-state index contributed by atoms with van der Waals surface area (Å²) in [6.07, 6.45) is 0.295. The number of halogens is 2. The highest BCUT2D eigenvalue weighted by molar-refractivity contribution is 5.93. The number of ketones is 1. The molecule has 0 amide bonds. The average Bonchev–Trinajstić information content (AvgIpc) is 2.83. The lowest BCUT2D eigenvalue weighted by Gasteiger charge is -2.15. The molecule has 0 radical (unpaired) electrons. The number of Topliss-reactive ketones (excluding diaryl/α,β-unsaturated/α-hetero) is 1. The maximum atomic E-state index is 14.2. The molecule has 162 valence electrons. The van der Waals surface area contributed by atoms with E-state index in [0.717, 1.165) is 33.3 Å². The van der Waals surface area contributed by atoms with Crippen LogP contribution < -0.4 is 0 Å². The zero-order valence-electron chi connectivity index (χ0n) is 18.0. The predicted molar refractivity (Wildman–Crippen MR) is 126 cm³/mol. The van der Waals surface area contributed by atoms with E-state index < -0.39 is 18.1 Å². The summed E-state index contributed by atoms with van der Waals surface area (Å²) in [6.45, 7) is 1.84. The minimum Gasteiger partial charge on any atom is -0.293 e. The lowest BCUT2D eigenvalue weighted by Crippen LogP contribution is -2.30. The summed E-state index contributed by atoms with van der Waals surface area (Å²) in [7, 11) is 0. The minimum absolute atomic E-state index is 0.284. The first-order valence-corrected chi connectivity index (χ1v) is 10.9. The molecule has 0 aliphatic rings. The monoisotopic (exact) mass is 429 g/mol. The molecule has 1 aromatic heterocycles. The highest BCUT2D eigenvalue weighted by Crippen LogP contribution is 2.34. The molecule has 0 unspecified atom stereocenters. The van der Waals surface area contributed by atoms with Crippen LogP contribution in [0, 0.1) is 0 Å². The Morgan fingerprint density at radius 2 is 1.53 bits per heavy atom. The van der Waals surface area contributed by atoms with E-state index >= 15 is 0 Å². The molecule has 0 saturated carbocycles. The molecule has 0 aliphatic carbocycles. The first-order chi connectivity index (χ1) is 15.5. The van der Waals surface area contributed by atoms with Gasteiger partial charge in [0.2, 0.25) is 5.78 Å². The Morgan fingerprint density at radius 1 is 0.875 bits per heavy atom. The van der Waals surface area contributed by atoms with Crippen LogP contribution in [0.4, 0.5) is 8.78 Å². The molecule has 0 spiro atoms. The third kappa shape index (κ3) is 4.75. The molecule has 3 aromatic carbocycles. The Hall–Kier alpha value is -3.40. The number of alkyl halides is 2. The number of fused-ring (bicyclic) bond motifs is 1. The molecule has 4 heteroatoms. The first kappa shape index (κ1) is 21.8. The van der Waals surface area contributed by atoms with Crippen LogP contribution in [0.1, 0.15) is 31.7 Å². The molecule has 0 aliphatic heterocycles. The number of hydrogen-bond acceptors (Lipinski definition) is 2. The number of rotatable bonds is 8. The van der Waals surface area contributed by atoms with Gasteiger partial charge in [0.1, 0.15) is 0 Å².